The summed E-state index contributed by atoms with van der Waals surface area (Å²) in [6.07, 6.45) is 0.254. The van der Waals surface area contributed by atoms with Gasteiger partial charge in [0.25, 0.3) is 5.24 Å². The van der Waals surface area contributed by atoms with Crippen LogP contribution >= 0.6 is 23.1 Å². The second kappa shape index (κ2) is 8.41. The van der Waals surface area contributed by atoms with E-state index in [0.717, 1.165) is 11.3 Å². The fourth-order valence-corrected chi connectivity index (χ4v) is 4.09. The number of methoxy groups -OCH3 is 2. The molecule has 3 rings (SSSR count). The third-order valence-electron chi connectivity index (χ3n) is 3.89. The lowest BCUT2D eigenvalue weighted by atomic mass is 10.1. The summed E-state index contributed by atoms with van der Waals surface area (Å²) in [5.74, 6) is 2.01. The van der Waals surface area contributed by atoms with Crippen molar-refractivity contribution in [2.45, 2.75) is 6.42 Å². The Kier molecular flexibility index (Phi) is 6.00. The van der Waals surface area contributed by atoms with Gasteiger partial charge < -0.3 is 19.7 Å². The number of hydrogen-bond donors (Lipinski definition) is 1. The molecular weight excluding hydrogens is 374 g/mol. The molecule has 0 radical (unpaired) electrons. The van der Waals surface area contributed by atoms with Gasteiger partial charge in [-0.15, -0.1) is 11.3 Å². The fourth-order valence-electron chi connectivity index (χ4n) is 2.52. The van der Waals surface area contributed by atoms with Crippen LogP contribution in [-0.2, 0) is 4.79 Å². The first-order valence-corrected chi connectivity index (χ1v) is 9.86. The minimum Gasteiger partial charge on any atom is -0.497 e. The standard InChI is InChI=1S/C17H19N3O4S2/c1-23-11-3-4-14(24-2)12(9-11)13-10-26-16(18-13)19-15(21)5-6-20-7-8-25-17(20)22/h3-4,9-10H,5-8H2,1-2H3,(H,18,19,21). The molecule has 0 spiro atoms. The van der Waals surface area contributed by atoms with Crippen LogP contribution in [0.15, 0.2) is 23.6 Å². The van der Waals surface area contributed by atoms with Gasteiger partial charge in [0.05, 0.1) is 19.9 Å². The van der Waals surface area contributed by atoms with Crippen LogP contribution in [0.2, 0.25) is 0 Å². The number of amides is 2. The number of benzene rings is 1. The van der Waals surface area contributed by atoms with E-state index in [9.17, 15) is 9.59 Å². The zero-order valence-corrected chi connectivity index (χ0v) is 16.1. The van der Waals surface area contributed by atoms with E-state index in [1.165, 1.54) is 23.1 Å². The zero-order valence-electron chi connectivity index (χ0n) is 14.5. The second-order valence-electron chi connectivity index (χ2n) is 5.50. The highest BCUT2D eigenvalue weighted by molar-refractivity contribution is 8.13. The van der Waals surface area contributed by atoms with Gasteiger partial charge in [-0.25, -0.2) is 4.98 Å². The van der Waals surface area contributed by atoms with Crippen molar-refractivity contribution in [2.75, 3.05) is 38.4 Å². The van der Waals surface area contributed by atoms with Crippen molar-refractivity contribution in [3.05, 3.63) is 23.6 Å². The summed E-state index contributed by atoms with van der Waals surface area (Å²) in [6, 6.07) is 5.47. The maximum atomic E-state index is 12.1. The van der Waals surface area contributed by atoms with Crippen LogP contribution in [0.3, 0.4) is 0 Å². The summed E-state index contributed by atoms with van der Waals surface area (Å²) >= 11 is 2.63. The smallest absolute Gasteiger partial charge is 0.281 e. The van der Waals surface area contributed by atoms with Crippen molar-refractivity contribution in [3.63, 3.8) is 0 Å². The van der Waals surface area contributed by atoms with E-state index in [2.05, 4.69) is 10.3 Å². The number of nitrogens with one attached hydrogen (secondary N) is 1. The number of anilines is 1. The molecule has 1 N–H and O–H groups in total. The Balaban J connectivity index is 1.64. The largest absolute Gasteiger partial charge is 0.497 e. The normalized spacial score (nSPS) is 13.8. The highest BCUT2D eigenvalue weighted by Crippen LogP contribution is 2.35. The van der Waals surface area contributed by atoms with E-state index in [-0.39, 0.29) is 17.6 Å². The molecule has 1 aromatic heterocycles. The highest BCUT2D eigenvalue weighted by Gasteiger charge is 2.21. The van der Waals surface area contributed by atoms with E-state index >= 15 is 0 Å². The molecule has 2 aromatic rings. The van der Waals surface area contributed by atoms with E-state index in [0.29, 0.717) is 35.4 Å². The first kappa shape index (κ1) is 18.5. The van der Waals surface area contributed by atoms with Crippen LogP contribution in [0.5, 0.6) is 11.5 Å². The van der Waals surface area contributed by atoms with Crippen molar-refractivity contribution < 1.29 is 19.1 Å². The molecule has 0 saturated carbocycles. The summed E-state index contributed by atoms with van der Waals surface area (Å²) in [5.41, 5.74) is 1.50. The van der Waals surface area contributed by atoms with E-state index < -0.39 is 0 Å². The number of thioether (sulfide) groups is 1. The zero-order chi connectivity index (χ0) is 18.5. The lowest BCUT2D eigenvalue weighted by Crippen LogP contribution is -2.27. The van der Waals surface area contributed by atoms with Gasteiger partial charge >= 0.3 is 0 Å². The molecule has 2 amide bonds. The molecule has 0 atom stereocenters. The lowest BCUT2D eigenvalue weighted by Gasteiger charge is -2.13. The van der Waals surface area contributed by atoms with E-state index in [1.54, 1.807) is 19.1 Å². The molecular formula is C17H19N3O4S2. The minimum atomic E-state index is -0.159. The number of nitrogens with zero attached hydrogens (tertiary/aromatic N) is 2. The quantitative estimate of drug-likeness (QED) is 0.777. The lowest BCUT2D eigenvalue weighted by molar-refractivity contribution is -0.116. The molecule has 1 saturated heterocycles. The molecule has 138 valence electrons. The molecule has 1 aliphatic heterocycles. The van der Waals surface area contributed by atoms with Crippen LogP contribution in [0.1, 0.15) is 6.42 Å². The van der Waals surface area contributed by atoms with Gasteiger partial charge in [-0.3, -0.25) is 9.59 Å². The maximum absolute atomic E-state index is 12.1. The maximum Gasteiger partial charge on any atom is 0.281 e. The van der Waals surface area contributed by atoms with Gasteiger partial charge in [-0.2, -0.15) is 0 Å². The Morgan fingerprint density at radius 3 is 2.88 bits per heavy atom. The first-order chi connectivity index (χ1) is 12.6. The van der Waals surface area contributed by atoms with Gasteiger partial charge in [0.2, 0.25) is 5.91 Å². The van der Waals surface area contributed by atoms with Crippen molar-refractivity contribution in [1.82, 2.24) is 9.88 Å². The van der Waals surface area contributed by atoms with Crippen molar-refractivity contribution >= 4 is 39.4 Å². The molecule has 0 unspecified atom stereocenters. The number of thiazole rings is 1. The number of rotatable bonds is 7. The van der Waals surface area contributed by atoms with Crippen molar-refractivity contribution in [2.24, 2.45) is 0 Å². The van der Waals surface area contributed by atoms with Gasteiger partial charge in [0.1, 0.15) is 11.5 Å². The summed E-state index contributed by atoms with van der Waals surface area (Å²) in [6.45, 7) is 1.13. The second-order valence-corrected chi connectivity index (χ2v) is 7.41. The Morgan fingerprint density at radius 1 is 1.35 bits per heavy atom. The molecule has 0 bridgehead atoms. The number of carbonyl (C=O) groups excluding carboxylic acids is 2. The summed E-state index contributed by atoms with van der Waals surface area (Å²) in [4.78, 5) is 29.8. The number of ether oxygens (including phenoxy) is 2. The number of hydrogen-bond acceptors (Lipinski definition) is 7. The first-order valence-electron chi connectivity index (χ1n) is 8.00. The molecule has 9 heteroatoms. The molecule has 2 heterocycles. The predicted molar refractivity (Wildman–Crippen MR) is 103 cm³/mol. The van der Waals surface area contributed by atoms with Crippen LogP contribution in [0.4, 0.5) is 9.93 Å². The Hall–Kier alpha value is -2.26. The number of carbonyl (C=O) groups is 2. The minimum absolute atomic E-state index is 0.0412. The van der Waals surface area contributed by atoms with Crippen LogP contribution in [0, 0.1) is 0 Å². The van der Waals surface area contributed by atoms with Gasteiger partial charge in [0, 0.05) is 36.2 Å². The van der Waals surface area contributed by atoms with Gasteiger partial charge in [-0.1, -0.05) is 11.8 Å². The topological polar surface area (TPSA) is 80.8 Å². The fraction of sp³-hybridized carbons (Fsp3) is 0.353. The average Bonchev–Trinajstić information content (AvgIpc) is 3.28. The van der Waals surface area contributed by atoms with Crippen molar-refractivity contribution in [1.29, 1.82) is 0 Å². The van der Waals surface area contributed by atoms with E-state index in [4.69, 9.17) is 9.47 Å². The molecule has 26 heavy (non-hydrogen) atoms. The third kappa shape index (κ3) is 4.28. The summed E-state index contributed by atoms with van der Waals surface area (Å²) in [5, 5.41) is 5.20. The van der Waals surface area contributed by atoms with Crippen LogP contribution in [0.25, 0.3) is 11.3 Å². The third-order valence-corrected chi connectivity index (χ3v) is 5.54. The summed E-state index contributed by atoms with van der Waals surface area (Å²) < 4.78 is 10.6. The average molecular weight is 393 g/mol. The Morgan fingerprint density at radius 2 is 2.19 bits per heavy atom. The molecule has 1 aromatic carbocycles. The monoisotopic (exact) mass is 393 g/mol. The predicted octanol–water partition coefficient (Wildman–Crippen LogP) is 3.32. The SMILES string of the molecule is COc1ccc(OC)c(-c2csc(NC(=O)CCN3CCSC3=O)n2)c1. The molecule has 1 aliphatic rings. The van der Waals surface area contributed by atoms with Crippen LogP contribution < -0.4 is 14.8 Å². The Labute approximate surface area is 159 Å². The number of aromatic nitrogens is 1. The summed E-state index contributed by atoms with van der Waals surface area (Å²) in [7, 11) is 3.19. The van der Waals surface area contributed by atoms with Crippen molar-refractivity contribution in [3.8, 4) is 22.8 Å². The molecule has 0 aliphatic carbocycles. The van der Waals surface area contributed by atoms with Gasteiger partial charge in [0.15, 0.2) is 5.13 Å². The molecule has 1 fully saturated rings. The van der Waals surface area contributed by atoms with Crippen LogP contribution in [-0.4, -0.2) is 54.1 Å². The Bertz CT molecular complexity index is 809. The van der Waals surface area contributed by atoms with E-state index in [1.807, 2.05) is 23.6 Å². The van der Waals surface area contributed by atoms with Gasteiger partial charge in [-0.05, 0) is 18.2 Å². The highest BCUT2D eigenvalue weighted by atomic mass is 32.2. The molecule has 7 nitrogen and oxygen atoms in total.